The molecule has 0 saturated carbocycles. The monoisotopic (exact) mass is 284 g/mol. The number of benzene rings is 1. The molecule has 0 unspecified atom stereocenters. The lowest BCUT2D eigenvalue weighted by Gasteiger charge is -2.16. The van der Waals surface area contributed by atoms with Gasteiger partial charge in [-0.2, -0.15) is 0 Å². The van der Waals surface area contributed by atoms with Gasteiger partial charge in [0.05, 0.1) is 11.1 Å². The normalized spacial score (nSPS) is 12.6. The van der Waals surface area contributed by atoms with E-state index in [4.69, 9.17) is 0 Å². The molecule has 3 heteroatoms. The van der Waals surface area contributed by atoms with Crippen LogP contribution in [0.3, 0.4) is 0 Å². The van der Waals surface area contributed by atoms with Crippen molar-refractivity contribution in [3.8, 4) is 0 Å². The van der Waals surface area contributed by atoms with E-state index >= 15 is 0 Å². The van der Waals surface area contributed by atoms with Crippen molar-refractivity contribution in [3.05, 3.63) is 41.6 Å². The number of rotatable bonds is 5. The summed E-state index contributed by atoms with van der Waals surface area (Å²) in [6.45, 7) is 8.39. The summed E-state index contributed by atoms with van der Waals surface area (Å²) in [6.07, 6.45) is 2.13. The van der Waals surface area contributed by atoms with Crippen LogP contribution in [0.15, 0.2) is 30.3 Å². The standard InChI is InChI=1S/C18H24N2O/c1-12(2)9-10-13(3)20-18(21)16-11-14(4)19-17-8-6-5-7-15(16)17/h5-8,11-13H,9-10H2,1-4H3,(H,20,21)/t13-/m1/s1. The van der Waals surface area contributed by atoms with Crippen LogP contribution < -0.4 is 5.32 Å². The number of fused-ring (bicyclic) bond motifs is 1. The Balaban J connectivity index is 2.19. The van der Waals surface area contributed by atoms with E-state index < -0.39 is 0 Å². The molecule has 3 nitrogen and oxygen atoms in total. The van der Waals surface area contributed by atoms with Gasteiger partial charge in [-0.15, -0.1) is 0 Å². The molecule has 1 atom stereocenters. The first-order chi connectivity index (χ1) is 9.97. The smallest absolute Gasteiger partial charge is 0.252 e. The van der Waals surface area contributed by atoms with Gasteiger partial charge in [-0.3, -0.25) is 9.78 Å². The minimum absolute atomic E-state index is 0.00652. The fraction of sp³-hybridized carbons (Fsp3) is 0.444. The maximum atomic E-state index is 12.5. The summed E-state index contributed by atoms with van der Waals surface area (Å²) in [7, 11) is 0. The number of nitrogens with one attached hydrogen (secondary N) is 1. The van der Waals surface area contributed by atoms with Crippen LogP contribution in [0, 0.1) is 12.8 Å². The van der Waals surface area contributed by atoms with Gasteiger partial charge in [0.1, 0.15) is 0 Å². The number of hydrogen-bond acceptors (Lipinski definition) is 2. The lowest BCUT2D eigenvalue weighted by Crippen LogP contribution is -2.33. The molecule has 112 valence electrons. The number of para-hydroxylation sites is 1. The van der Waals surface area contributed by atoms with Crippen molar-refractivity contribution in [3.63, 3.8) is 0 Å². The van der Waals surface area contributed by atoms with E-state index in [1.807, 2.05) is 37.3 Å². The molecule has 2 rings (SSSR count). The van der Waals surface area contributed by atoms with Crippen LogP contribution in [0.4, 0.5) is 0 Å². The fourth-order valence-electron chi connectivity index (χ4n) is 2.45. The van der Waals surface area contributed by atoms with Gasteiger partial charge in [0.15, 0.2) is 0 Å². The summed E-state index contributed by atoms with van der Waals surface area (Å²) < 4.78 is 0. The van der Waals surface area contributed by atoms with Crippen molar-refractivity contribution in [2.75, 3.05) is 0 Å². The number of hydrogen-bond donors (Lipinski definition) is 1. The highest BCUT2D eigenvalue weighted by Gasteiger charge is 2.14. The average Bonchev–Trinajstić information content (AvgIpc) is 2.44. The third-order valence-electron chi connectivity index (χ3n) is 3.64. The van der Waals surface area contributed by atoms with Gasteiger partial charge in [0.25, 0.3) is 5.91 Å². The molecule has 1 aromatic carbocycles. The first-order valence-electron chi connectivity index (χ1n) is 7.64. The molecule has 0 saturated heterocycles. The van der Waals surface area contributed by atoms with Gasteiger partial charge < -0.3 is 5.32 Å². The fourth-order valence-corrected chi connectivity index (χ4v) is 2.45. The molecule has 1 heterocycles. The predicted molar refractivity (Wildman–Crippen MR) is 87.5 cm³/mol. The van der Waals surface area contributed by atoms with E-state index in [0.717, 1.165) is 35.0 Å². The molecule has 0 bridgehead atoms. The van der Waals surface area contributed by atoms with Crippen LogP contribution in [0.5, 0.6) is 0 Å². The molecular weight excluding hydrogens is 260 g/mol. The zero-order valence-corrected chi connectivity index (χ0v) is 13.3. The quantitative estimate of drug-likeness (QED) is 0.898. The number of carbonyl (C=O) groups is 1. The zero-order chi connectivity index (χ0) is 15.4. The summed E-state index contributed by atoms with van der Waals surface area (Å²) in [4.78, 5) is 17.0. The Kier molecular flexibility index (Phi) is 4.94. The first kappa shape index (κ1) is 15.5. The Morgan fingerprint density at radius 1 is 1.19 bits per heavy atom. The average molecular weight is 284 g/mol. The lowest BCUT2D eigenvalue weighted by atomic mass is 10.0. The van der Waals surface area contributed by atoms with E-state index in [1.165, 1.54) is 0 Å². The molecule has 1 N–H and O–H groups in total. The largest absolute Gasteiger partial charge is 0.350 e. The van der Waals surface area contributed by atoms with Crippen molar-refractivity contribution in [1.82, 2.24) is 10.3 Å². The van der Waals surface area contributed by atoms with E-state index in [9.17, 15) is 4.79 Å². The topological polar surface area (TPSA) is 42.0 Å². The Labute approximate surface area is 126 Å². The van der Waals surface area contributed by atoms with Crippen molar-refractivity contribution >= 4 is 16.8 Å². The van der Waals surface area contributed by atoms with Gasteiger partial charge in [0.2, 0.25) is 0 Å². The molecule has 0 aliphatic rings. The highest BCUT2D eigenvalue weighted by atomic mass is 16.1. The van der Waals surface area contributed by atoms with E-state index in [0.29, 0.717) is 5.92 Å². The maximum absolute atomic E-state index is 12.5. The summed E-state index contributed by atoms with van der Waals surface area (Å²) in [5.41, 5.74) is 2.46. The van der Waals surface area contributed by atoms with Gasteiger partial charge in [-0.25, -0.2) is 0 Å². The van der Waals surface area contributed by atoms with E-state index in [2.05, 4.69) is 31.1 Å². The molecule has 1 aromatic heterocycles. The highest BCUT2D eigenvalue weighted by Crippen LogP contribution is 2.18. The Morgan fingerprint density at radius 2 is 1.90 bits per heavy atom. The van der Waals surface area contributed by atoms with Crippen LogP contribution in [0.1, 0.15) is 49.7 Å². The van der Waals surface area contributed by atoms with E-state index in [1.54, 1.807) is 0 Å². The lowest BCUT2D eigenvalue weighted by molar-refractivity contribution is 0.0938. The van der Waals surface area contributed by atoms with Gasteiger partial charge in [-0.05, 0) is 44.7 Å². The van der Waals surface area contributed by atoms with Gasteiger partial charge in [-0.1, -0.05) is 32.0 Å². The SMILES string of the molecule is Cc1cc(C(=O)N[C@H](C)CCC(C)C)c2ccccc2n1. The molecule has 0 fully saturated rings. The molecule has 0 aliphatic carbocycles. The second-order valence-corrected chi connectivity index (χ2v) is 6.17. The summed E-state index contributed by atoms with van der Waals surface area (Å²) in [6, 6.07) is 9.84. The van der Waals surface area contributed by atoms with Crippen LogP contribution in [0.25, 0.3) is 10.9 Å². The molecule has 0 aliphatic heterocycles. The minimum atomic E-state index is -0.00652. The Bertz CT molecular complexity index is 634. The molecule has 21 heavy (non-hydrogen) atoms. The number of amides is 1. The number of carbonyl (C=O) groups excluding carboxylic acids is 1. The van der Waals surface area contributed by atoms with Gasteiger partial charge in [0, 0.05) is 17.1 Å². The second kappa shape index (κ2) is 6.70. The van der Waals surface area contributed by atoms with Crippen molar-refractivity contribution in [2.45, 2.75) is 46.6 Å². The minimum Gasteiger partial charge on any atom is -0.350 e. The summed E-state index contributed by atoms with van der Waals surface area (Å²) in [5, 5.41) is 4.02. The van der Waals surface area contributed by atoms with Crippen molar-refractivity contribution < 1.29 is 4.79 Å². The maximum Gasteiger partial charge on any atom is 0.252 e. The number of nitrogens with zero attached hydrogens (tertiary/aromatic N) is 1. The summed E-state index contributed by atoms with van der Waals surface area (Å²) >= 11 is 0. The molecule has 1 amide bonds. The van der Waals surface area contributed by atoms with E-state index in [-0.39, 0.29) is 11.9 Å². The third kappa shape index (κ3) is 4.03. The highest BCUT2D eigenvalue weighted by molar-refractivity contribution is 6.06. The number of aromatic nitrogens is 1. The second-order valence-electron chi connectivity index (χ2n) is 6.17. The van der Waals surface area contributed by atoms with Crippen LogP contribution in [0.2, 0.25) is 0 Å². The molecule has 0 spiro atoms. The zero-order valence-electron chi connectivity index (χ0n) is 13.3. The Hall–Kier alpha value is -1.90. The molecule has 2 aromatic rings. The molecular formula is C18H24N2O. The van der Waals surface area contributed by atoms with Crippen LogP contribution in [-0.2, 0) is 0 Å². The molecule has 0 radical (unpaired) electrons. The first-order valence-corrected chi connectivity index (χ1v) is 7.64. The van der Waals surface area contributed by atoms with Crippen LogP contribution >= 0.6 is 0 Å². The summed E-state index contributed by atoms with van der Waals surface area (Å²) in [5.74, 6) is 0.654. The van der Waals surface area contributed by atoms with Crippen molar-refractivity contribution in [1.29, 1.82) is 0 Å². The van der Waals surface area contributed by atoms with Gasteiger partial charge >= 0.3 is 0 Å². The third-order valence-corrected chi connectivity index (χ3v) is 3.64. The number of pyridine rings is 1. The van der Waals surface area contributed by atoms with Crippen LogP contribution in [-0.4, -0.2) is 16.9 Å². The number of aryl methyl sites for hydroxylation is 1. The Morgan fingerprint density at radius 3 is 2.62 bits per heavy atom. The predicted octanol–water partition coefficient (Wildman–Crippen LogP) is 4.10. The van der Waals surface area contributed by atoms with Crippen molar-refractivity contribution in [2.24, 2.45) is 5.92 Å².